The van der Waals surface area contributed by atoms with E-state index in [2.05, 4.69) is 15.1 Å². The lowest BCUT2D eigenvalue weighted by atomic mass is 10.2. The van der Waals surface area contributed by atoms with E-state index in [0.717, 1.165) is 33.6 Å². The molecule has 0 fully saturated rings. The average Bonchev–Trinajstić information content (AvgIpc) is 3.27. The number of hydrogen-bond acceptors (Lipinski definition) is 12. The SMILES string of the molecule is CC(C)(C)OC(=O)CO/N=C(\C(=O)OSc1nc2ccccc2s1)c1csc(N)n1. The van der Waals surface area contributed by atoms with Gasteiger partial charge in [-0.3, -0.25) is 0 Å². The van der Waals surface area contributed by atoms with Gasteiger partial charge in [-0.2, -0.15) is 0 Å². The van der Waals surface area contributed by atoms with Gasteiger partial charge in [0.2, 0.25) is 12.3 Å². The maximum absolute atomic E-state index is 12.6. The molecule has 0 bridgehead atoms. The monoisotopic (exact) mass is 466 g/mol. The highest BCUT2D eigenvalue weighted by Gasteiger charge is 2.23. The Kier molecular flexibility index (Phi) is 6.90. The number of carbonyl (C=O) groups excluding carboxylic acids is 2. The third-order valence-electron chi connectivity index (χ3n) is 3.18. The molecule has 158 valence electrons. The van der Waals surface area contributed by atoms with Gasteiger partial charge in [0.05, 0.1) is 10.2 Å². The number of nitrogens with zero attached hydrogens (tertiary/aromatic N) is 3. The Morgan fingerprint density at radius 3 is 2.67 bits per heavy atom. The zero-order valence-electron chi connectivity index (χ0n) is 16.3. The molecule has 0 aliphatic rings. The quantitative estimate of drug-likeness (QED) is 0.240. The fourth-order valence-electron chi connectivity index (χ4n) is 2.11. The van der Waals surface area contributed by atoms with Crippen molar-refractivity contribution in [1.82, 2.24) is 9.97 Å². The molecule has 0 aliphatic carbocycles. The Morgan fingerprint density at radius 2 is 2.00 bits per heavy atom. The highest BCUT2D eigenvalue weighted by atomic mass is 32.2. The topological polar surface area (TPSA) is 126 Å². The van der Waals surface area contributed by atoms with Crippen LogP contribution in [0, 0.1) is 0 Å². The Hall–Kier alpha value is -2.70. The molecule has 0 saturated carbocycles. The van der Waals surface area contributed by atoms with E-state index in [0.29, 0.717) is 4.34 Å². The number of anilines is 1. The minimum atomic E-state index is -0.811. The third kappa shape index (κ3) is 6.15. The lowest BCUT2D eigenvalue weighted by molar-refractivity contribution is -0.160. The van der Waals surface area contributed by atoms with Crippen LogP contribution in [0.1, 0.15) is 26.5 Å². The van der Waals surface area contributed by atoms with Crippen LogP contribution < -0.4 is 5.73 Å². The molecule has 2 N–H and O–H groups in total. The van der Waals surface area contributed by atoms with Crippen molar-refractivity contribution < 1.29 is 23.3 Å². The van der Waals surface area contributed by atoms with Crippen LogP contribution in [0.3, 0.4) is 0 Å². The van der Waals surface area contributed by atoms with Crippen LogP contribution >= 0.6 is 34.7 Å². The second-order valence-electron chi connectivity index (χ2n) is 6.77. The predicted octanol–water partition coefficient (Wildman–Crippen LogP) is 3.65. The molecule has 0 aliphatic heterocycles. The summed E-state index contributed by atoms with van der Waals surface area (Å²) in [6, 6.07) is 7.57. The van der Waals surface area contributed by atoms with Gasteiger partial charge in [-0.25, -0.2) is 19.6 Å². The largest absolute Gasteiger partial charge is 0.457 e. The fraction of sp³-hybridized carbons (Fsp3) is 0.278. The van der Waals surface area contributed by atoms with Gasteiger partial charge >= 0.3 is 11.9 Å². The number of esters is 1. The Balaban J connectivity index is 1.68. The third-order valence-corrected chi connectivity index (χ3v) is 5.61. The van der Waals surface area contributed by atoms with Gasteiger partial charge in [0.1, 0.15) is 23.3 Å². The summed E-state index contributed by atoms with van der Waals surface area (Å²) in [5, 5.41) is 5.51. The molecule has 0 amide bonds. The molecule has 0 unspecified atom stereocenters. The second-order valence-corrected chi connectivity index (χ2v) is 9.67. The molecule has 12 heteroatoms. The van der Waals surface area contributed by atoms with Crippen molar-refractivity contribution >= 4 is 67.7 Å². The van der Waals surface area contributed by atoms with Gasteiger partial charge in [0.25, 0.3) is 0 Å². The molecule has 0 spiro atoms. The summed E-state index contributed by atoms with van der Waals surface area (Å²) in [4.78, 5) is 37.8. The number of oxime groups is 1. The minimum Gasteiger partial charge on any atom is -0.457 e. The fourth-order valence-corrected chi connectivity index (χ4v) is 4.22. The van der Waals surface area contributed by atoms with Crippen LogP contribution in [0.5, 0.6) is 0 Å². The summed E-state index contributed by atoms with van der Waals surface area (Å²) in [6.45, 7) is 4.72. The highest BCUT2D eigenvalue weighted by molar-refractivity contribution is 7.97. The number of nitrogens with two attached hydrogens (primary N) is 1. The van der Waals surface area contributed by atoms with Crippen LogP contribution in [0.2, 0.25) is 0 Å². The molecule has 30 heavy (non-hydrogen) atoms. The van der Waals surface area contributed by atoms with E-state index in [4.69, 9.17) is 19.5 Å². The molecule has 2 heterocycles. The summed E-state index contributed by atoms with van der Waals surface area (Å²) in [5.41, 5.74) is 5.74. The first-order valence-corrected chi connectivity index (χ1v) is 11.0. The summed E-state index contributed by atoms with van der Waals surface area (Å²) >= 11 is 3.32. The van der Waals surface area contributed by atoms with Gasteiger partial charge in [0, 0.05) is 5.38 Å². The number of benzene rings is 1. The molecule has 1 aromatic carbocycles. The van der Waals surface area contributed by atoms with E-state index >= 15 is 0 Å². The molecule has 3 aromatic rings. The number of aromatic nitrogens is 2. The number of para-hydroxylation sites is 1. The molecular weight excluding hydrogens is 448 g/mol. The zero-order chi connectivity index (χ0) is 21.7. The van der Waals surface area contributed by atoms with Gasteiger partial charge < -0.3 is 19.5 Å². The Morgan fingerprint density at radius 1 is 1.23 bits per heavy atom. The molecule has 0 atom stereocenters. The summed E-state index contributed by atoms with van der Waals surface area (Å²) < 4.78 is 11.9. The Bertz CT molecular complexity index is 1050. The van der Waals surface area contributed by atoms with E-state index < -0.39 is 24.1 Å². The first-order chi connectivity index (χ1) is 14.2. The van der Waals surface area contributed by atoms with Crippen molar-refractivity contribution in [2.75, 3.05) is 12.3 Å². The van der Waals surface area contributed by atoms with E-state index in [9.17, 15) is 9.59 Å². The van der Waals surface area contributed by atoms with Crippen molar-refractivity contribution in [2.24, 2.45) is 5.16 Å². The van der Waals surface area contributed by atoms with Crippen molar-refractivity contribution in [2.45, 2.75) is 30.7 Å². The van der Waals surface area contributed by atoms with Crippen molar-refractivity contribution in [3.63, 3.8) is 0 Å². The maximum atomic E-state index is 12.6. The summed E-state index contributed by atoms with van der Waals surface area (Å²) in [6.07, 6.45) is 0. The van der Waals surface area contributed by atoms with Crippen molar-refractivity contribution in [1.29, 1.82) is 0 Å². The van der Waals surface area contributed by atoms with Crippen molar-refractivity contribution in [3.05, 3.63) is 35.3 Å². The van der Waals surface area contributed by atoms with Crippen LogP contribution in [0.25, 0.3) is 10.2 Å². The highest BCUT2D eigenvalue weighted by Crippen LogP contribution is 2.30. The van der Waals surface area contributed by atoms with Crippen LogP contribution in [0.15, 0.2) is 39.1 Å². The number of nitrogen functional groups attached to an aromatic ring is 1. The van der Waals surface area contributed by atoms with Gasteiger partial charge in [0.15, 0.2) is 9.47 Å². The molecule has 2 aromatic heterocycles. The number of rotatable bonds is 7. The molecule has 9 nitrogen and oxygen atoms in total. The normalized spacial score (nSPS) is 12.0. The van der Waals surface area contributed by atoms with Gasteiger partial charge in [-0.15, -0.1) is 22.7 Å². The van der Waals surface area contributed by atoms with Crippen LogP contribution in [-0.2, 0) is 23.3 Å². The summed E-state index contributed by atoms with van der Waals surface area (Å²) in [5.74, 6) is -1.44. The molecule has 3 rings (SSSR count). The van der Waals surface area contributed by atoms with Crippen LogP contribution in [-0.4, -0.2) is 39.8 Å². The van der Waals surface area contributed by atoms with E-state index in [1.54, 1.807) is 20.8 Å². The van der Waals surface area contributed by atoms with Crippen molar-refractivity contribution in [3.8, 4) is 0 Å². The average molecular weight is 467 g/mol. The predicted molar refractivity (Wildman–Crippen MR) is 116 cm³/mol. The number of thiazole rings is 2. The zero-order valence-corrected chi connectivity index (χ0v) is 18.7. The maximum Gasteiger partial charge on any atom is 0.375 e. The number of carbonyl (C=O) groups is 2. The lowest BCUT2D eigenvalue weighted by Crippen LogP contribution is -2.26. The smallest absolute Gasteiger partial charge is 0.375 e. The van der Waals surface area contributed by atoms with Gasteiger partial charge in [-0.1, -0.05) is 17.3 Å². The minimum absolute atomic E-state index is 0.177. The first kappa shape index (κ1) is 22.0. The Labute approximate surface area is 184 Å². The van der Waals surface area contributed by atoms with E-state index in [-0.39, 0.29) is 16.5 Å². The molecule has 0 saturated heterocycles. The van der Waals surface area contributed by atoms with E-state index in [1.807, 2.05) is 24.3 Å². The lowest BCUT2D eigenvalue weighted by Gasteiger charge is -2.18. The second kappa shape index (κ2) is 9.41. The van der Waals surface area contributed by atoms with Gasteiger partial charge in [-0.05, 0) is 32.9 Å². The summed E-state index contributed by atoms with van der Waals surface area (Å²) in [7, 11) is 0. The first-order valence-electron chi connectivity index (χ1n) is 8.59. The molecular formula is C18H18N4O5S3. The van der Waals surface area contributed by atoms with E-state index in [1.165, 1.54) is 16.7 Å². The number of ether oxygens (including phenoxy) is 1. The number of fused-ring (bicyclic) bond motifs is 1. The molecule has 0 radical (unpaired) electrons. The number of hydrogen-bond donors (Lipinski definition) is 1. The standard InChI is InChI=1S/C18H18N4O5S3/c1-18(2,3)26-13(23)8-25-22-14(11-9-28-16(19)20-11)15(24)27-30-17-21-10-6-4-5-7-12(10)29-17/h4-7,9H,8H2,1-3H3,(H2,19,20)/b22-14-. The van der Waals surface area contributed by atoms with Crippen LogP contribution in [0.4, 0.5) is 5.13 Å².